The predicted octanol–water partition coefficient (Wildman–Crippen LogP) is 3.65. The van der Waals surface area contributed by atoms with Gasteiger partial charge in [0.15, 0.2) is 0 Å². The van der Waals surface area contributed by atoms with E-state index in [0.717, 1.165) is 18.2 Å². The van der Waals surface area contributed by atoms with Gasteiger partial charge in [0.05, 0.1) is 4.92 Å². The highest BCUT2D eigenvalue weighted by molar-refractivity contribution is 9.10. The number of carbonyl (C=O) groups is 1. The summed E-state index contributed by atoms with van der Waals surface area (Å²) < 4.78 is 0.514. The molecule has 0 heterocycles. The lowest BCUT2D eigenvalue weighted by Crippen LogP contribution is -2.34. The Morgan fingerprint density at radius 1 is 1.47 bits per heavy atom. The van der Waals surface area contributed by atoms with Crippen LogP contribution in [-0.4, -0.2) is 22.2 Å². The van der Waals surface area contributed by atoms with Crippen LogP contribution in [-0.2, 0) is 0 Å². The number of hydrogen-bond donors (Lipinski definition) is 1. The number of amides is 1. The first-order valence-corrected chi connectivity index (χ1v) is 7.71. The van der Waals surface area contributed by atoms with Crippen LogP contribution in [0.4, 0.5) is 5.69 Å². The Balaban J connectivity index is 2.90. The summed E-state index contributed by atoms with van der Waals surface area (Å²) in [5, 5.41) is 14.4. The largest absolute Gasteiger partial charge is 0.349 e. The van der Waals surface area contributed by atoms with Crippen LogP contribution in [0.1, 0.15) is 30.1 Å². The molecule has 1 rings (SSSR count). The van der Waals surface area contributed by atoms with Crippen LogP contribution in [0.2, 0.25) is 0 Å². The van der Waals surface area contributed by atoms with Crippen molar-refractivity contribution in [2.24, 2.45) is 0 Å². The first kappa shape index (κ1) is 16.1. The number of hydrogen-bond acceptors (Lipinski definition) is 3. The smallest absolute Gasteiger partial charge is 0.271 e. The number of non-ortho nitro benzene ring substituents is 1. The molecule has 1 aromatic carbocycles. The van der Waals surface area contributed by atoms with Crippen LogP contribution in [0.15, 0.2) is 22.7 Å². The van der Waals surface area contributed by atoms with Gasteiger partial charge in [-0.1, -0.05) is 38.8 Å². The summed E-state index contributed by atoms with van der Waals surface area (Å²) in [5.41, 5.74) is 0.183. The molecule has 0 aromatic heterocycles. The molecule has 1 N–H and O–H groups in total. The highest BCUT2D eigenvalue weighted by Gasteiger charge is 2.16. The van der Waals surface area contributed by atoms with Gasteiger partial charge in [-0.05, 0) is 18.9 Å². The number of nitrogens with zero attached hydrogens (tertiary/aromatic N) is 1. The second-order valence-electron chi connectivity index (χ2n) is 4.01. The number of nitrogens with one attached hydrogen (secondary N) is 1. The summed E-state index contributed by atoms with van der Waals surface area (Å²) in [5.74, 6) is -0.294. The van der Waals surface area contributed by atoms with Crippen LogP contribution in [0, 0.1) is 10.1 Å². The summed E-state index contributed by atoms with van der Waals surface area (Å²) >= 11 is 6.50. The number of nitro groups is 1. The maximum atomic E-state index is 12.0. The standard InChI is InChI=1S/C12H14Br2N2O3/c1-2-10(3-4-13)15-12(17)8-5-9(14)7-11(6-8)16(18)19/h5-7,10H,2-4H2,1H3,(H,15,17). The first-order valence-electron chi connectivity index (χ1n) is 5.79. The van der Waals surface area contributed by atoms with Crippen molar-refractivity contribution in [3.63, 3.8) is 0 Å². The van der Waals surface area contributed by atoms with Crippen LogP contribution in [0.25, 0.3) is 0 Å². The fraction of sp³-hybridized carbons (Fsp3) is 0.417. The summed E-state index contributed by atoms with van der Waals surface area (Å²) in [7, 11) is 0. The fourth-order valence-corrected chi connectivity index (χ4v) is 2.62. The van der Waals surface area contributed by atoms with Gasteiger partial charge in [-0.3, -0.25) is 14.9 Å². The van der Waals surface area contributed by atoms with E-state index in [2.05, 4.69) is 37.2 Å². The zero-order valence-corrected chi connectivity index (χ0v) is 13.5. The van der Waals surface area contributed by atoms with Crippen molar-refractivity contribution in [3.8, 4) is 0 Å². The molecule has 0 fully saturated rings. The Hall–Kier alpha value is -0.950. The average Bonchev–Trinajstić information content (AvgIpc) is 2.37. The molecule has 1 amide bonds. The lowest BCUT2D eigenvalue weighted by atomic mass is 10.1. The Morgan fingerprint density at radius 3 is 2.68 bits per heavy atom. The van der Waals surface area contributed by atoms with Crippen LogP contribution >= 0.6 is 31.9 Å². The minimum absolute atomic E-state index is 0.0601. The van der Waals surface area contributed by atoms with Crippen LogP contribution in [0.5, 0.6) is 0 Å². The van der Waals surface area contributed by atoms with E-state index in [1.165, 1.54) is 12.1 Å². The molecule has 7 heteroatoms. The molecule has 0 spiro atoms. The molecule has 0 radical (unpaired) electrons. The lowest BCUT2D eigenvalue weighted by Gasteiger charge is -2.15. The van der Waals surface area contributed by atoms with Crippen LogP contribution in [0.3, 0.4) is 0 Å². The zero-order valence-electron chi connectivity index (χ0n) is 10.4. The Morgan fingerprint density at radius 2 is 2.16 bits per heavy atom. The molecule has 0 saturated carbocycles. The summed E-state index contributed by atoms with van der Waals surface area (Å²) in [4.78, 5) is 22.3. The van der Waals surface area contributed by atoms with E-state index in [1.54, 1.807) is 6.07 Å². The zero-order chi connectivity index (χ0) is 14.4. The van der Waals surface area contributed by atoms with E-state index in [1.807, 2.05) is 6.92 Å². The van der Waals surface area contributed by atoms with Gasteiger partial charge in [0, 0.05) is 33.5 Å². The molecule has 0 aliphatic rings. The average molecular weight is 394 g/mol. The van der Waals surface area contributed by atoms with Crippen molar-refractivity contribution in [2.45, 2.75) is 25.8 Å². The van der Waals surface area contributed by atoms with Crippen molar-refractivity contribution in [2.75, 3.05) is 5.33 Å². The topological polar surface area (TPSA) is 72.2 Å². The number of nitro benzene ring substituents is 1. The summed E-state index contributed by atoms with van der Waals surface area (Å²) in [6.07, 6.45) is 1.63. The summed E-state index contributed by atoms with van der Waals surface area (Å²) in [6, 6.07) is 4.28. The normalized spacial score (nSPS) is 11.9. The molecule has 5 nitrogen and oxygen atoms in total. The molecular weight excluding hydrogens is 380 g/mol. The predicted molar refractivity (Wildman–Crippen MR) is 80.8 cm³/mol. The maximum Gasteiger partial charge on any atom is 0.271 e. The SMILES string of the molecule is CCC(CCBr)NC(=O)c1cc(Br)cc([N+](=O)[O-])c1. The lowest BCUT2D eigenvalue weighted by molar-refractivity contribution is -0.385. The first-order chi connectivity index (χ1) is 8.97. The van der Waals surface area contributed by atoms with Crippen molar-refractivity contribution in [1.82, 2.24) is 5.32 Å². The number of rotatable bonds is 6. The second-order valence-corrected chi connectivity index (χ2v) is 5.72. The third-order valence-electron chi connectivity index (χ3n) is 2.64. The van der Waals surface area contributed by atoms with Crippen molar-refractivity contribution in [3.05, 3.63) is 38.3 Å². The van der Waals surface area contributed by atoms with E-state index in [0.29, 0.717) is 4.47 Å². The molecule has 104 valence electrons. The van der Waals surface area contributed by atoms with Crippen molar-refractivity contribution < 1.29 is 9.72 Å². The van der Waals surface area contributed by atoms with E-state index in [-0.39, 0.29) is 23.2 Å². The van der Waals surface area contributed by atoms with Gasteiger partial charge in [-0.2, -0.15) is 0 Å². The molecule has 0 saturated heterocycles. The highest BCUT2D eigenvalue weighted by atomic mass is 79.9. The summed E-state index contributed by atoms with van der Waals surface area (Å²) in [6.45, 7) is 1.98. The fourth-order valence-electron chi connectivity index (χ4n) is 1.59. The minimum atomic E-state index is -0.517. The quantitative estimate of drug-likeness (QED) is 0.455. The van der Waals surface area contributed by atoms with Gasteiger partial charge in [-0.15, -0.1) is 0 Å². The van der Waals surface area contributed by atoms with E-state index < -0.39 is 4.92 Å². The number of halogens is 2. The molecule has 0 aliphatic carbocycles. The number of alkyl halides is 1. The Labute approximate surface area is 128 Å². The van der Waals surface area contributed by atoms with Gasteiger partial charge in [0.25, 0.3) is 11.6 Å². The highest BCUT2D eigenvalue weighted by Crippen LogP contribution is 2.21. The van der Waals surface area contributed by atoms with Gasteiger partial charge in [0.1, 0.15) is 0 Å². The third-order valence-corrected chi connectivity index (χ3v) is 3.56. The van der Waals surface area contributed by atoms with Gasteiger partial charge >= 0.3 is 0 Å². The Bertz CT molecular complexity index is 480. The molecule has 0 bridgehead atoms. The third kappa shape index (κ3) is 4.91. The number of carbonyl (C=O) groups excluding carboxylic acids is 1. The van der Waals surface area contributed by atoms with E-state index in [4.69, 9.17) is 0 Å². The molecule has 0 aliphatic heterocycles. The molecule has 1 atom stereocenters. The van der Waals surface area contributed by atoms with Crippen molar-refractivity contribution >= 4 is 43.5 Å². The van der Waals surface area contributed by atoms with E-state index in [9.17, 15) is 14.9 Å². The minimum Gasteiger partial charge on any atom is -0.349 e. The van der Waals surface area contributed by atoms with Gasteiger partial charge < -0.3 is 5.32 Å². The van der Waals surface area contributed by atoms with Crippen molar-refractivity contribution in [1.29, 1.82) is 0 Å². The Kier molecular flexibility index (Phi) is 6.44. The molecule has 1 aromatic rings. The molecule has 1 unspecified atom stereocenters. The number of benzene rings is 1. The van der Waals surface area contributed by atoms with Crippen LogP contribution < -0.4 is 5.32 Å². The molecular formula is C12H14Br2N2O3. The van der Waals surface area contributed by atoms with Gasteiger partial charge in [0.2, 0.25) is 0 Å². The van der Waals surface area contributed by atoms with E-state index >= 15 is 0 Å². The monoisotopic (exact) mass is 392 g/mol. The molecule has 19 heavy (non-hydrogen) atoms. The second kappa shape index (κ2) is 7.59. The maximum absolute atomic E-state index is 12.0. The van der Waals surface area contributed by atoms with Gasteiger partial charge in [-0.25, -0.2) is 0 Å².